The van der Waals surface area contributed by atoms with Gasteiger partial charge in [-0.05, 0) is 62.7 Å². The number of rotatable bonds is 5. The molecule has 0 spiro atoms. The summed E-state index contributed by atoms with van der Waals surface area (Å²) in [6.07, 6.45) is 11.5. The molecule has 4 aliphatic carbocycles. The monoisotopic (exact) mass is 222 g/mol. The van der Waals surface area contributed by atoms with Gasteiger partial charge in [0.15, 0.2) is 0 Å². The highest BCUT2D eigenvalue weighted by Gasteiger charge is 2.50. The Hall–Kier alpha value is -0.0800. The van der Waals surface area contributed by atoms with E-state index in [1.165, 1.54) is 51.4 Å². The van der Waals surface area contributed by atoms with Crippen LogP contribution in [0.25, 0.3) is 0 Å². The van der Waals surface area contributed by atoms with Crippen molar-refractivity contribution in [1.29, 1.82) is 0 Å². The van der Waals surface area contributed by atoms with Crippen molar-refractivity contribution in [1.82, 2.24) is 10.9 Å². The van der Waals surface area contributed by atoms with Gasteiger partial charge in [-0.25, -0.2) is 0 Å². The fraction of sp³-hybridized carbons (Fsp3) is 1.00. The molecule has 0 atom stereocenters. The highest BCUT2D eigenvalue weighted by atomic mass is 15.4. The first kappa shape index (κ1) is 11.0. The normalized spacial score (nSPS) is 45.2. The summed E-state index contributed by atoms with van der Waals surface area (Å²) >= 11 is 0. The second-order valence-corrected chi connectivity index (χ2v) is 6.60. The molecular weight excluding hydrogens is 196 g/mol. The zero-order chi connectivity index (χ0) is 11.0. The van der Waals surface area contributed by atoms with Gasteiger partial charge in [0.1, 0.15) is 0 Å². The molecule has 0 aromatic rings. The van der Waals surface area contributed by atoms with E-state index in [0.717, 1.165) is 24.3 Å². The van der Waals surface area contributed by atoms with Gasteiger partial charge in [-0.2, -0.15) is 0 Å². The van der Waals surface area contributed by atoms with Gasteiger partial charge in [-0.1, -0.05) is 13.3 Å². The Morgan fingerprint density at radius 2 is 1.56 bits per heavy atom. The molecule has 0 amide bonds. The van der Waals surface area contributed by atoms with Crippen molar-refractivity contribution in [3.8, 4) is 0 Å². The van der Waals surface area contributed by atoms with E-state index in [-0.39, 0.29) is 0 Å². The minimum absolute atomic E-state index is 0.489. The summed E-state index contributed by atoms with van der Waals surface area (Å²) in [5.41, 5.74) is 7.69. The summed E-state index contributed by atoms with van der Waals surface area (Å²) in [5, 5.41) is 0. The second-order valence-electron chi connectivity index (χ2n) is 6.60. The Morgan fingerprint density at radius 1 is 1.00 bits per heavy atom. The van der Waals surface area contributed by atoms with Gasteiger partial charge in [-0.15, -0.1) is 0 Å². The molecule has 0 aromatic heterocycles. The Balaban J connectivity index is 1.56. The molecule has 2 heteroatoms. The number of unbranched alkanes of at least 4 members (excludes halogenated alkanes) is 1. The first-order valence-electron chi connectivity index (χ1n) is 7.30. The zero-order valence-corrected chi connectivity index (χ0v) is 10.6. The van der Waals surface area contributed by atoms with Crippen LogP contribution in [0.2, 0.25) is 0 Å². The van der Waals surface area contributed by atoms with E-state index in [4.69, 9.17) is 0 Å². The van der Waals surface area contributed by atoms with Crippen molar-refractivity contribution in [3.05, 3.63) is 0 Å². The SMILES string of the molecule is CCCCNNC12CC3CC(CC(C3)C1)C2. The van der Waals surface area contributed by atoms with E-state index in [1.807, 2.05) is 0 Å². The van der Waals surface area contributed by atoms with Gasteiger partial charge in [0.05, 0.1) is 0 Å². The van der Waals surface area contributed by atoms with E-state index in [9.17, 15) is 0 Å². The molecule has 4 aliphatic rings. The predicted octanol–water partition coefficient (Wildman–Crippen LogP) is 2.85. The first-order valence-corrected chi connectivity index (χ1v) is 7.30. The molecule has 0 saturated heterocycles. The fourth-order valence-corrected chi connectivity index (χ4v) is 4.78. The van der Waals surface area contributed by atoms with Crippen molar-refractivity contribution in [3.63, 3.8) is 0 Å². The second kappa shape index (κ2) is 4.30. The lowest BCUT2D eigenvalue weighted by Crippen LogP contribution is -2.62. The van der Waals surface area contributed by atoms with Gasteiger partial charge in [0.2, 0.25) is 0 Å². The number of hydrogen-bond donors (Lipinski definition) is 2. The Kier molecular flexibility index (Phi) is 2.97. The molecule has 0 radical (unpaired) electrons. The highest BCUT2D eigenvalue weighted by molar-refractivity contribution is 5.05. The summed E-state index contributed by atoms with van der Waals surface area (Å²) in [4.78, 5) is 0. The van der Waals surface area contributed by atoms with Crippen LogP contribution in [-0.2, 0) is 0 Å². The Morgan fingerprint density at radius 3 is 2.06 bits per heavy atom. The van der Waals surface area contributed by atoms with Crippen LogP contribution in [0.3, 0.4) is 0 Å². The van der Waals surface area contributed by atoms with Gasteiger partial charge >= 0.3 is 0 Å². The Bertz CT molecular complexity index is 214. The molecule has 4 saturated carbocycles. The lowest BCUT2D eigenvalue weighted by molar-refractivity contribution is -0.0267. The lowest BCUT2D eigenvalue weighted by atomic mass is 9.53. The smallest absolute Gasteiger partial charge is 0.0331 e. The van der Waals surface area contributed by atoms with Crippen LogP contribution < -0.4 is 10.9 Å². The van der Waals surface area contributed by atoms with Crippen LogP contribution in [0.5, 0.6) is 0 Å². The van der Waals surface area contributed by atoms with E-state index in [1.54, 1.807) is 0 Å². The van der Waals surface area contributed by atoms with Gasteiger partial charge in [0, 0.05) is 12.1 Å². The van der Waals surface area contributed by atoms with Gasteiger partial charge in [-0.3, -0.25) is 10.9 Å². The lowest BCUT2D eigenvalue weighted by Gasteiger charge is -2.57. The summed E-state index contributed by atoms with van der Waals surface area (Å²) in [6, 6.07) is 0. The van der Waals surface area contributed by atoms with Crippen molar-refractivity contribution >= 4 is 0 Å². The maximum Gasteiger partial charge on any atom is 0.0331 e. The van der Waals surface area contributed by atoms with Crippen LogP contribution in [-0.4, -0.2) is 12.1 Å². The maximum atomic E-state index is 3.71. The van der Waals surface area contributed by atoms with E-state index < -0.39 is 0 Å². The number of hydrazine groups is 1. The van der Waals surface area contributed by atoms with Crippen LogP contribution >= 0.6 is 0 Å². The van der Waals surface area contributed by atoms with Crippen molar-refractivity contribution < 1.29 is 0 Å². The molecule has 4 bridgehead atoms. The highest BCUT2D eigenvalue weighted by Crippen LogP contribution is 2.55. The summed E-state index contributed by atoms with van der Waals surface area (Å²) in [6.45, 7) is 3.39. The molecule has 4 rings (SSSR count). The summed E-state index contributed by atoms with van der Waals surface area (Å²) < 4.78 is 0. The average Bonchev–Trinajstić information content (AvgIpc) is 2.22. The zero-order valence-electron chi connectivity index (χ0n) is 10.6. The van der Waals surface area contributed by atoms with Crippen LogP contribution in [0, 0.1) is 17.8 Å². The Labute approximate surface area is 99.5 Å². The molecule has 2 N–H and O–H groups in total. The number of hydrogen-bond acceptors (Lipinski definition) is 2. The molecule has 0 unspecified atom stereocenters. The molecule has 0 aromatic carbocycles. The third-order valence-electron chi connectivity index (χ3n) is 5.05. The predicted molar refractivity (Wildman–Crippen MR) is 66.9 cm³/mol. The van der Waals surface area contributed by atoms with E-state index in [0.29, 0.717) is 5.54 Å². The van der Waals surface area contributed by atoms with Crippen molar-refractivity contribution in [2.45, 2.75) is 63.8 Å². The minimum Gasteiger partial charge on any atom is -0.257 e. The molecule has 16 heavy (non-hydrogen) atoms. The van der Waals surface area contributed by atoms with Crippen LogP contribution in [0.15, 0.2) is 0 Å². The standard InChI is InChI=1S/C14H26N2/c1-2-3-4-15-16-14-8-11-5-12(9-14)7-13(6-11)10-14/h11-13,15-16H,2-10H2,1H3. The van der Waals surface area contributed by atoms with Crippen molar-refractivity contribution in [2.75, 3.05) is 6.54 Å². The van der Waals surface area contributed by atoms with Crippen LogP contribution in [0.4, 0.5) is 0 Å². The first-order chi connectivity index (χ1) is 7.80. The van der Waals surface area contributed by atoms with E-state index in [2.05, 4.69) is 17.8 Å². The van der Waals surface area contributed by atoms with Gasteiger partial charge in [0.25, 0.3) is 0 Å². The maximum absolute atomic E-state index is 3.71. The third-order valence-corrected chi connectivity index (χ3v) is 5.05. The summed E-state index contributed by atoms with van der Waals surface area (Å²) in [7, 11) is 0. The molecular formula is C14H26N2. The quantitative estimate of drug-likeness (QED) is 0.552. The molecule has 4 fully saturated rings. The van der Waals surface area contributed by atoms with E-state index >= 15 is 0 Å². The fourth-order valence-electron chi connectivity index (χ4n) is 4.78. The number of nitrogens with one attached hydrogen (secondary N) is 2. The largest absolute Gasteiger partial charge is 0.257 e. The topological polar surface area (TPSA) is 24.1 Å². The van der Waals surface area contributed by atoms with Gasteiger partial charge < -0.3 is 0 Å². The van der Waals surface area contributed by atoms with Crippen molar-refractivity contribution in [2.24, 2.45) is 17.8 Å². The minimum atomic E-state index is 0.489. The molecule has 2 nitrogen and oxygen atoms in total. The molecule has 92 valence electrons. The molecule has 0 heterocycles. The summed E-state index contributed by atoms with van der Waals surface area (Å²) in [5.74, 6) is 3.14. The molecule has 0 aliphatic heterocycles. The van der Waals surface area contributed by atoms with Crippen LogP contribution in [0.1, 0.15) is 58.3 Å². The average molecular weight is 222 g/mol. The third kappa shape index (κ3) is 2.02.